The fourth-order valence-corrected chi connectivity index (χ4v) is 1.42. The molecule has 92 valence electrons. The number of amides is 1. The van der Waals surface area contributed by atoms with Crippen molar-refractivity contribution in [2.45, 2.75) is 19.8 Å². The fourth-order valence-electron chi connectivity index (χ4n) is 1.42. The fraction of sp³-hybridized carbons (Fsp3) is 0.385. The highest BCUT2D eigenvalue weighted by Gasteiger charge is 2.10. The van der Waals surface area contributed by atoms with Gasteiger partial charge in [-0.05, 0) is 31.0 Å². The summed E-state index contributed by atoms with van der Waals surface area (Å²) in [4.78, 5) is 23.8. The van der Waals surface area contributed by atoms with Crippen molar-refractivity contribution in [3.05, 3.63) is 35.6 Å². The highest BCUT2D eigenvalue weighted by molar-refractivity contribution is 5.96. The van der Waals surface area contributed by atoms with Gasteiger partial charge >= 0.3 is 0 Å². The normalized spacial score (nSPS) is 10.1. The Hall–Kier alpha value is -1.71. The van der Waals surface area contributed by atoms with Crippen molar-refractivity contribution < 1.29 is 14.0 Å². The smallest absolute Gasteiger partial charge is 0.229 e. The lowest BCUT2D eigenvalue weighted by atomic mass is 10.1. The summed E-state index contributed by atoms with van der Waals surface area (Å²) in [6, 6.07) is 6.18. The number of nitrogens with zero attached hydrogens (tertiary/aromatic N) is 1. The molecule has 1 amide bonds. The average molecular weight is 237 g/mol. The summed E-state index contributed by atoms with van der Waals surface area (Å²) < 4.78 is 12.7. The van der Waals surface area contributed by atoms with Gasteiger partial charge in [-0.3, -0.25) is 9.59 Å². The van der Waals surface area contributed by atoms with Gasteiger partial charge < -0.3 is 4.90 Å². The Balaban J connectivity index is 2.42. The first kappa shape index (κ1) is 13.4. The maximum Gasteiger partial charge on any atom is 0.229 e. The molecule has 0 radical (unpaired) electrons. The Morgan fingerprint density at radius 2 is 1.82 bits per heavy atom. The van der Waals surface area contributed by atoms with Gasteiger partial charge in [0.2, 0.25) is 5.91 Å². The van der Waals surface area contributed by atoms with E-state index in [1.54, 1.807) is 19.2 Å². The molecule has 0 aliphatic carbocycles. The Morgan fingerprint density at radius 3 is 2.35 bits per heavy atom. The molecule has 3 nitrogen and oxygen atoms in total. The second-order valence-electron chi connectivity index (χ2n) is 4.07. The number of rotatable bonds is 5. The van der Waals surface area contributed by atoms with Gasteiger partial charge in [-0.1, -0.05) is 12.1 Å². The summed E-state index contributed by atoms with van der Waals surface area (Å²) >= 11 is 0. The second kappa shape index (κ2) is 6.13. The lowest BCUT2D eigenvalue weighted by Crippen LogP contribution is -2.30. The Bertz CT molecular complexity index is 400. The molecule has 0 N–H and O–H groups in total. The summed E-state index contributed by atoms with van der Waals surface area (Å²) in [6.45, 7) is 1.92. The Labute approximate surface area is 100 Å². The summed E-state index contributed by atoms with van der Waals surface area (Å²) in [5.74, 6) is -0.585. The molecule has 0 atom stereocenters. The van der Waals surface area contributed by atoms with Crippen LogP contribution in [0, 0.1) is 5.82 Å². The minimum absolute atomic E-state index is 0.0556. The molecule has 0 heterocycles. The van der Waals surface area contributed by atoms with E-state index in [4.69, 9.17) is 0 Å². The largest absolute Gasteiger partial charge is 0.345 e. The molecule has 0 saturated heterocycles. The lowest BCUT2D eigenvalue weighted by molar-refractivity contribution is -0.133. The van der Waals surface area contributed by atoms with Crippen molar-refractivity contribution in [1.82, 2.24) is 4.90 Å². The molecule has 0 aliphatic rings. The zero-order chi connectivity index (χ0) is 12.8. The molecule has 0 aliphatic heterocycles. The zero-order valence-corrected chi connectivity index (χ0v) is 10.1. The van der Waals surface area contributed by atoms with Crippen LogP contribution in [0.25, 0.3) is 0 Å². The Morgan fingerprint density at radius 1 is 1.24 bits per heavy atom. The molecular weight excluding hydrogens is 221 g/mol. The molecule has 17 heavy (non-hydrogen) atoms. The van der Waals surface area contributed by atoms with Gasteiger partial charge in [0.1, 0.15) is 11.6 Å². The van der Waals surface area contributed by atoms with Crippen LogP contribution in [0.2, 0.25) is 0 Å². The second-order valence-corrected chi connectivity index (χ2v) is 4.07. The molecule has 0 fully saturated rings. The van der Waals surface area contributed by atoms with Crippen molar-refractivity contribution in [3.8, 4) is 0 Å². The van der Waals surface area contributed by atoms with E-state index in [1.165, 1.54) is 24.0 Å². The van der Waals surface area contributed by atoms with E-state index in [0.717, 1.165) is 5.56 Å². The number of carbonyl (C=O) groups excluding carboxylic acids is 2. The first-order chi connectivity index (χ1) is 7.99. The highest BCUT2D eigenvalue weighted by Crippen LogP contribution is 2.04. The SMILES string of the molecule is CC(=O)CC(=O)N(C)CCc1ccc(F)cc1. The van der Waals surface area contributed by atoms with Gasteiger partial charge in [0, 0.05) is 13.6 Å². The van der Waals surface area contributed by atoms with Gasteiger partial charge in [0.15, 0.2) is 0 Å². The summed E-state index contributed by atoms with van der Waals surface area (Å²) in [7, 11) is 1.66. The molecule has 1 aromatic carbocycles. The van der Waals surface area contributed by atoms with Crippen LogP contribution in [0.4, 0.5) is 4.39 Å². The molecule has 1 aromatic rings. The van der Waals surface area contributed by atoms with Crippen molar-refractivity contribution >= 4 is 11.7 Å². The van der Waals surface area contributed by atoms with Crippen LogP contribution >= 0.6 is 0 Å². The number of benzene rings is 1. The third-order valence-electron chi connectivity index (χ3n) is 2.48. The summed E-state index contributed by atoms with van der Waals surface area (Å²) in [5, 5.41) is 0. The minimum Gasteiger partial charge on any atom is -0.345 e. The first-order valence-electron chi connectivity index (χ1n) is 5.47. The van der Waals surface area contributed by atoms with E-state index >= 15 is 0 Å². The number of carbonyl (C=O) groups is 2. The predicted octanol–water partition coefficient (Wildman–Crippen LogP) is 1.81. The van der Waals surface area contributed by atoms with E-state index < -0.39 is 0 Å². The van der Waals surface area contributed by atoms with Gasteiger partial charge in [0.25, 0.3) is 0 Å². The number of hydrogen-bond donors (Lipinski definition) is 0. The monoisotopic (exact) mass is 237 g/mol. The molecule has 0 aromatic heterocycles. The third kappa shape index (κ3) is 4.76. The van der Waals surface area contributed by atoms with Crippen molar-refractivity contribution in [3.63, 3.8) is 0 Å². The molecule has 0 saturated carbocycles. The molecule has 0 unspecified atom stereocenters. The number of halogens is 1. The molecule has 0 spiro atoms. The minimum atomic E-state index is -0.269. The van der Waals surface area contributed by atoms with Crippen molar-refractivity contribution in [2.75, 3.05) is 13.6 Å². The Kier molecular flexibility index (Phi) is 4.82. The van der Waals surface area contributed by atoms with Crippen LogP contribution in [0.15, 0.2) is 24.3 Å². The van der Waals surface area contributed by atoms with Gasteiger partial charge in [-0.15, -0.1) is 0 Å². The van der Waals surface area contributed by atoms with Crippen LogP contribution < -0.4 is 0 Å². The zero-order valence-electron chi connectivity index (χ0n) is 10.1. The maximum absolute atomic E-state index is 12.7. The van der Waals surface area contributed by atoms with Crippen molar-refractivity contribution in [2.24, 2.45) is 0 Å². The predicted molar refractivity (Wildman–Crippen MR) is 63.0 cm³/mol. The number of ketones is 1. The first-order valence-corrected chi connectivity index (χ1v) is 5.47. The number of hydrogen-bond acceptors (Lipinski definition) is 2. The summed E-state index contributed by atoms with van der Waals surface area (Å²) in [6.07, 6.45) is 0.598. The molecule has 1 rings (SSSR count). The van der Waals surface area contributed by atoms with Crippen LogP contribution in [0.1, 0.15) is 18.9 Å². The van der Waals surface area contributed by atoms with E-state index in [9.17, 15) is 14.0 Å². The highest BCUT2D eigenvalue weighted by atomic mass is 19.1. The standard InChI is InChI=1S/C13H16FNO2/c1-10(16)9-13(17)15(2)8-7-11-3-5-12(14)6-4-11/h3-6H,7-9H2,1-2H3. The van der Waals surface area contributed by atoms with E-state index in [0.29, 0.717) is 13.0 Å². The molecule has 0 bridgehead atoms. The summed E-state index contributed by atoms with van der Waals surface area (Å²) in [5.41, 5.74) is 0.967. The van der Waals surface area contributed by atoms with Crippen LogP contribution in [0.3, 0.4) is 0 Å². The van der Waals surface area contributed by atoms with Gasteiger partial charge in [0.05, 0.1) is 6.42 Å². The quantitative estimate of drug-likeness (QED) is 0.732. The van der Waals surface area contributed by atoms with Gasteiger partial charge in [-0.2, -0.15) is 0 Å². The van der Waals surface area contributed by atoms with E-state index in [-0.39, 0.29) is 23.9 Å². The van der Waals surface area contributed by atoms with E-state index in [2.05, 4.69) is 0 Å². The molecule has 4 heteroatoms. The van der Waals surface area contributed by atoms with Gasteiger partial charge in [-0.25, -0.2) is 4.39 Å². The number of likely N-dealkylation sites (N-methyl/N-ethyl adjacent to an activating group) is 1. The van der Waals surface area contributed by atoms with Crippen LogP contribution in [0.5, 0.6) is 0 Å². The lowest BCUT2D eigenvalue weighted by Gasteiger charge is -2.16. The number of Topliss-reactive ketones (excluding diaryl/α,β-unsaturated/α-hetero) is 1. The molecular formula is C13H16FNO2. The topological polar surface area (TPSA) is 37.4 Å². The average Bonchev–Trinajstić information content (AvgIpc) is 2.27. The van der Waals surface area contributed by atoms with Crippen molar-refractivity contribution in [1.29, 1.82) is 0 Å². The van der Waals surface area contributed by atoms with E-state index in [1.807, 2.05) is 0 Å². The van der Waals surface area contributed by atoms with Crippen LogP contribution in [-0.4, -0.2) is 30.2 Å². The maximum atomic E-state index is 12.7. The van der Waals surface area contributed by atoms with Crippen LogP contribution in [-0.2, 0) is 16.0 Å². The third-order valence-corrected chi connectivity index (χ3v) is 2.48.